The number of morpholine rings is 1. The first-order chi connectivity index (χ1) is 16.9. The van der Waals surface area contributed by atoms with Crippen molar-refractivity contribution in [2.24, 2.45) is 0 Å². The topological polar surface area (TPSA) is 103 Å². The van der Waals surface area contributed by atoms with Crippen LogP contribution in [0.15, 0.2) is 71.6 Å². The summed E-state index contributed by atoms with van der Waals surface area (Å²) in [4.78, 5) is 13.1. The summed E-state index contributed by atoms with van der Waals surface area (Å²) < 4.78 is 49.1. The Bertz CT molecular complexity index is 1290. The van der Waals surface area contributed by atoms with Crippen LogP contribution in [0.25, 0.3) is 0 Å². The zero-order chi connectivity index (χ0) is 24.8. The predicted molar refractivity (Wildman–Crippen MR) is 130 cm³/mol. The Morgan fingerprint density at radius 2 is 1.54 bits per heavy atom. The Hall–Kier alpha value is -3.60. The molecule has 0 aliphatic carbocycles. The number of ether oxygens (including phenoxy) is 4. The first-order valence-electron chi connectivity index (χ1n) is 10.9. The molecule has 3 aromatic rings. The van der Waals surface area contributed by atoms with E-state index in [-0.39, 0.29) is 29.3 Å². The lowest BCUT2D eigenvalue weighted by atomic mass is 10.2. The van der Waals surface area contributed by atoms with E-state index in [0.717, 1.165) is 0 Å². The third-order valence-corrected chi connectivity index (χ3v) is 7.33. The molecule has 1 aliphatic rings. The van der Waals surface area contributed by atoms with Crippen LogP contribution in [0.5, 0.6) is 23.0 Å². The number of sulfonamides is 1. The molecule has 1 fully saturated rings. The first-order valence-corrected chi connectivity index (χ1v) is 12.3. The molecule has 1 saturated heterocycles. The predicted octanol–water partition coefficient (Wildman–Crippen LogP) is 3.77. The zero-order valence-electron chi connectivity index (χ0n) is 19.4. The first kappa shape index (κ1) is 24.5. The van der Waals surface area contributed by atoms with Crippen molar-refractivity contribution >= 4 is 21.6 Å². The molecule has 1 aliphatic heterocycles. The normalized spacial score (nSPS) is 14.2. The van der Waals surface area contributed by atoms with Gasteiger partial charge in [0.05, 0.1) is 37.9 Å². The van der Waals surface area contributed by atoms with E-state index in [1.807, 2.05) is 12.1 Å². The zero-order valence-corrected chi connectivity index (χ0v) is 20.2. The molecule has 35 heavy (non-hydrogen) atoms. The monoisotopic (exact) mass is 498 g/mol. The number of nitrogens with zero attached hydrogens (tertiary/aromatic N) is 1. The van der Waals surface area contributed by atoms with E-state index in [1.165, 1.54) is 29.6 Å². The number of nitrogens with one attached hydrogen (secondary N) is 1. The van der Waals surface area contributed by atoms with Gasteiger partial charge in [-0.3, -0.25) is 4.79 Å². The van der Waals surface area contributed by atoms with Gasteiger partial charge in [-0.25, -0.2) is 8.42 Å². The van der Waals surface area contributed by atoms with Gasteiger partial charge in [0, 0.05) is 18.8 Å². The molecule has 4 rings (SSSR count). The molecule has 0 radical (unpaired) electrons. The Kier molecular flexibility index (Phi) is 7.54. The van der Waals surface area contributed by atoms with Crippen LogP contribution in [-0.4, -0.2) is 59.2 Å². The van der Waals surface area contributed by atoms with Gasteiger partial charge in [-0.2, -0.15) is 4.31 Å². The molecule has 0 bridgehead atoms. The van der Waals surface area contributed by atoms with Gasteiger partial charge in [0.25, 0.3) is 5.91 Å². The summed E-state index contributed by atoms with van der Waals surface area (Å²) in [5.41, 5.74) is 0.613. The van der Waals surface area contributed by atoms with Crippen LogP contribution in [0.3, 0.4) is 0 Å². The van der Waals surface area contributed by atoms with E-state index in [0.29, 0.717) is 36.1 Å². The Morgan fingerprint density at radius 1 is 0.886 bits per heavy atom. The summed E-state index contributed by atoms with van der Waals surface area (Å²) in [6.07, 6.45) is 0. The molecule has 10 heteroatoms. The number of methoxy groups -OCH3 is 2. The fourth-order valence-corrected chi connectivity index (χ4v) is 5.03. The number of carbonyl (C=O) groups excluding carboxylic acids is 1. The number of anilines is 1. The van der Waals surface area contributed by atoms with E-state index < -0.39 is 15.9 Å². The van der Waals surface area contributed by atoms with Crippen LogP contribution in [-0.2, 0) is 14.8 Å². The van der Waals surface area contributed by atoms with Crippen LogP contribution < -0.4 is 19.5 Å². The molecular weight excluding hydrogens is 472 g/mol. The van der Waals surface area contributed by atoms with Crippen molar-refractivity contribution in [1.82, 2.24) is 4.31 Å². The molecule has 9 nitrogen and oxygen atoms in total. The average molecular weight is 499 g/mol. The molecule has 0 spiro atoms. The Balaban J connectivity index is 1.51. The van der Waals surface area contributed by atoms with Gasteiger partial charge in [0.1, 0.15) is 11.5 Å². The summed E-state index contributed by atoms with van der Waals surface area (Å²) >= 11 is 0. The number of hydrogen-bond donors (Lipinski definition) is 1. The number of rotatable bonds is 8. The van der Waals surface area contributed by atoms with Crippen LogP contribution in [0.2, 0.25) is 0 Å². The quantitative estimate of drug-likeness (QED) is 0.504. The number of hydrogen-bond acceptors (Lipinski definition) is 7. The SMILES string of the molecule is COc1ccccc1Oc1ccc(NC(=O)c2cc(S(=O)(=O)N3CCOCC3)ccc2OC)cc1. The van der Waals surface area contributed by atoms with Crippen molar-refractivity contribution in [3.8, 4) is 23.0 Å². The van der Waals surface area contributed by atoms with Crippen molar-refractivity contribution in [2.75, 3.05) is 45.8 Å². The van der Waals surface area contributed by atoms with Crippen LogP contribution in [0.1, 0.15) is 10.4 Å². The molecule has 184 valence electrons. The smallest absolute Gasteiger partial charge is 0.259 e. The molecule has 3 aromatic carbocycles. The van der Waals surface area contributed by atoms with E-state index in [4.69, 9.17) is 18.9 Å². The molecule has 1 N–H and O–H groups in total. The summed E-state index contributed by atoms with van der Waals surface area (Å²) in [7, 11) is -0.777. The van der Waals surface area contributed by atoms with Crippen molar-refractivity contribution in [3.63, 3.8) is 0 Å². The van der Waals surface area contributed by atoms with Crippen LogP contribution in [0.4, 0.5) is 5.69 Å². The molecule has 0 unspecified atom stereocenters. The summed E-state index contributed by atoms with van der Waals surface area (Å²) in [5, 5.41) is 2.78. The maximum atomic E-state index is 13.0. The third-order valence-electron chi connectivity index (χ3n) is 5.43. The van der Waals surface area contributed by atoms with Crippen LogP contribution >= 0.6 is 0 Å². The lowest BCUT2D eigenvalue weighted by Gasteiger charge is -2.26. The highest BCUT2D eigenvalue weighted by molar-refractivity contribution is 7.89. The van der Waals surface area contributed by atoms with Crippen molar-refractivity contribution in [3.05, 3.63) is 72.3 Å². The molecule has 0 saturated carbocycles. The second-order valence-corrected chi connectivity index (χ2v) is 9.55. The number of benzene rings is 3. The highest BCUT2D eigenvalue weighted by atomic mass is 32.2. The highest BCUT2D eigenvalue weighted by Gasteiger charge is 2.28. The molecule has 0 aromatic heterocycles. The minimum absolute atomic E-state index is 0.0194. The second-order valence-electron chi connectivity index (χ2n) is 7.61. The standard InChI is InChI=1S/C25H26N2O7S/c1-31-22-12-11-20(35(29,30)27-13-15-33-16-14-27)17-21(22)25(28)26-18-7-9-19(10-8-18)34-24-6-4-3-5-23(24)32-2/h3-12,17H,13-16H2,1-2H3,(H,26,28). The highest BCUT2D eigenvalue weighted by Crippen LogP contribution is 2.32. The lowest BCUT2D eigenvalue weighted by Crippen LogP contribution is -2.40. The van der Waals surface area contributed by atoms with Crippen molar-refractivity contribution < 1.29 is 32.2 Å². The summed E-state index contributed by atoms with van der Waals surface area (Å²) in [5.74, 6) is 1.49. The van der Waals surface area contributed by atoms with E-state index in [9.17, 15) is 13.2 Å². The third kappa shape index (κ3) is 5.56. The van der Waals surface area contributed by atoms with E-state index >= 15 is 0 Å². The maximum absolute atomic E-state index is 13.0. The van der Waals surface area contributed by atoms with E-state index in [2.05, 4.69) is 5.32 Å². The van der Waals surface area contributed by atoms with Gasteiger partial charge >= 0.3 is 0 Å². The molecular formula is C25H26N2O7S. The van der Waals surface area contributed by atoms with Gasteiger partial charge in [0.15, 0.2) is 11.5 Å². The Labute approximate surface area is 204 Å². The van der Waals surface area contributed by atoms with Gasteiger partial charge in [-0.05, 0) is 54.6 Å². The van der Waals surface area contributed by atoms with Crippen molar-refractivity contribution in [2.45, 2.75) is 4.90 Å². The number of para-hydroxylation sites is 2. The Morgan fingerprint density at radius 3 is 2.20 bits per heavy atom. The van der Waals surface area contributed by atoms with Gasteiger partial charge in [0.2, 0.25) is 10.0 Å². The molecule has 1 amide bonds. The number of amides is 1. The molecule has 1 heterocycles. The van der Waals surface area contributed by atoms with E-state index in [1.54, 1.807) is 43.5 Å². The minimum atomic E-state index is -3.77. The largest absolute Gasteiger partial charge is 0.496 e. The van der Waals surface area contributed by atoms with Gasteiger partial charge in [-0.1, -0.05) is 12.1 Å². The lowest BCUT2D eigenvalue weighted by molar-refractivity contribution is 0.0730. The van der Waals surface area contributed by atoms with Gasteiger partial charge < -0.3 is 24.3 Å². The fraction of sp³-hybridized carbons (Fsp3) is 0.240. The second kappa shape index (κ2) is 10.8. The average Bonchev–Trinajstić information content (AvgIpc) is 2.90. The van der Waals surface area contributed by atoms with Crippen LogP contribution in [0, 0.1) is 0 Å². The van der Waals surface area contributed by atoms with Gasteiger partial charge in [-0.15, -0.1) is 0 Å². The fourth-order valence-electron chi connectivity index (χ4n) is 3.60. The summed E-state index contributed by atoms with van der Waals surface area (Å²) in [6, 6.07) is 18.3. The number of carbonyl (C=O) groups is 1. The minimum Gasteiger partial charge on any atom is -0.496 e. The summed E-state index contributed by atoms with van der Waals surface area (Å²) in [6.45, 7) is 1.19. The van der Waals surface area contributed by atoms with Crippen molar-refractivity contribution in [1.29, 1.82) is 0 Å². The maximum Gasteiger partial charge on any atom is 0.259 e. The molecule has 0 atom stereocenters.